The molecular formula is C17H29N3O. The van der Waals surface area contributed by atoms with Crippen LogP contribution in [0.2, 0.25) is 0 Å². The fraction of sp³-hybridized carbons (Fsp3) is 0.588. The number of carbonyl (C=O) groups is 1. The van der Waals surface area contributed by atoms with Crippen LogP contribution in [0, 0.1) is 11.8 Å². The van der Waals surface area contributed by atoms with Crippen LogP contribution in [0.3, 0.4) is 0 Å². The van der Waals surface area contributed by atoms with Gasteiger partial charge in [-0.2, -0.15) is 0 Å². The molecule has 1 unspecified atom stereocenters. The number of rotatable bonds is 8. The zero-order valence-corrected chi connectivity index (χ0v) is 13.9. The Bertz CT molecular complexity index is 445. The quantitative estimate of drug-likeness (QED) is 0.772. The third kappa shape index (κ3) is 5.76. The average Bonchev–Trinajstić information content (AvgIpc) is 2.46. The molecule has 0 fully saturated rings. The lowest BCUT2D eigenvalue weighted by molar-refractivity contribution is -0.123. The van der Waals surface area contributed by atoms with Crippen molar-refractivity contribution in [2.24, 2.45) is 11.8 Å². The molecule has 0 saturated carbocycles. The van der Waals surface area contributed by atoms with Gasteiger partial charge in [0.1, 0.15) is 0 Å². The first kappa shape index (κ1) is 17.5. The minimum atomic E-state index is -0.0309. The first-order valence-corrected chi connectivity index (χ1v) is 7.67. The summed E-state index contributed by atoms with van der Waals surface area (Å²) in [6, 6.07) is 8.36. The molecule has 2 N–H and O–H groups in total. The average molecular weight is 291 g/mol. The molecule has 0 aliphatic carbocycles. The van der Waals surface area contributed by atoms with E-state index in [4.69, 9.17) is 0 Å². The number of para-hydroxylation sites is 1. The predicted molar refractivity (Wildman–Crippen MR) is 89.5 cm³/mol. The van der Waals surface area contributed by atoms with Crippen LogP contribution >= 0.6 is 0 Å². The third-order valence-corrected chi connectivity index (χ3v) is 3.51. The second-order valence-corrected chi connectivity index (χ2v) is 6.05. The molecule has 1 atom stereocenters. The van der Waals surface area contributed by atoms with Crippen molar-refractivity contribution in [1.82, 2.24) is 10.6 Å². The second-order valence-electron chi connectivity index (χ2n) is 6.05. The number of benzene rings is 1. The van der Waals surface area contributed by atoms with Crippen molar-refractivity contribution in [3.05, 3.63) is 29.8 Å². The fourth-order valence-electron chi connectivity index (χ4n) is 2.37. The zero-order chi connectivity index (χ0) is 15.8. The standard InChI is InChI=1S/C17H29N3O/c1-13(2)10-19-11-15-8-6-7-9-16(15)20(5)12-14(3)17(21)18-4/h6-9,13-14,19H,10-12H2,1-5H3,(H,18,21). The summed E-state index contributed by atoms with van der Waals surface area (Å²) in [4.78, 5) is 13.8. The highest BCUT2D eigenvalue weighted by Gasteiger charge is 2.15. The Morgan fingerprint density at radius 1 is 1.24 bits per heavy atom. The van der Waals surface area contributed by atoms with Crippen molar-refractivity contribution in [1.29, 1.82) is 0 Å². The first-order chi connectivity index (χ1) is 9.95. The summed E-state index contributed by atoms with van der Waals surface area (Å²) in [6.07, 6.45) is 0. The Hall–Kier alpha value is -1.55. The third-order valence-electron chi connectivity index (χ3n) is 3.51. The number of amides is 1. The number of anilines is 1. The van der Waals surface area contributed by atoms with Crippen molar-refractivity contribution in [3.63, 3.8) is 0 Å². The molecule has 1 aromatic carbocycles. The van der Waals surface area contributed by atoms with Gasteiger partial charge in [-0.3, -0.25) is 4.79 Å². The Morgan fingerprint density at radius 3 is 2.52 bits per heavy atom. The molecule has 0 spiro atoms. The normalized spacial score (nSPS) is 12.3. The zero-order valence-electron chi connectivity index (χ0n) is 13.9. The number of nitrogens with zero attached hydrogens (tertiary/aromatic N) is 1. The molecule has 0 radical (unpaired) electrons. The Morgan fingerprint density at radius 2 is 1.90 bits per heavy atom. The SMILES string of the molecule is CNC(=O)C(C)CN(C)c1ccccc1CNCC(C)C. The maximum Gasteiger partial charge on any atom is 0.224 e. The maximum atomic E-state index is 11.7. The van der Waals surface area contributed by atoms with E-state index in [1.807, 2.05) is 20.0 Å². The summed E-state index contributed by atoms with van der Waals surface area (Å²) in [7, 11) is 3.73. The number of hydrogen-bond donors (Lipinski definition) is 2. The molecule has 0 saturated heterocycles. The van der Waals surface area contributed by atoms with E-state index < -0.39 is 0 Å². The Balaban J connectivity index is 2.70. The molecule has 1 rings (SSSR count). The van der Waals surface area contributed by atoms with E-state index in [0.717, 1.165) is 13.1 Å². The van der Waals surface area contributed by atoms with Crippen LogP contribution in [0.4, 0.5) is 5.69 Å². The highest BCUT2D eigenvalue weighted by molar-refractivity contribution is 5.78. The van der Waals surface area contributed by atoms with Gasteiger partial charge in [-0.15, -0.1) is 0 Å². The summed E-state index contributed by atoms with van der Waals surface area (Å²) in [5.74, 6) is 0.692. The highest BCUT2D eigenvalue weighted by atomic mass is 16.1. The molecule has 1 amide bonds. The van der Waals surface area contributed by atoms with Crippen molar-refractivity contribution < 1.29 is 4.79 Å². The summed E-state index contributed by atoms with van der Waals surface area (Å²) < 4.78 is 0. The molecule has 0 bridgehead atoms. The molecule has 0 heterocycles. The van der Waals surface area contributed by atoms with Gasteiger partial charge >= 0.3 is 0 Å². The van der Waals surface area contributed by atoms with Gasteiger partial charge in [-0.1, -0.05) is 39.0 Å². The van der Waals surface area contributed by atoms with E-state index in [9.17, 15) is 4.79 Å². The molecule has 1 aromatic rings. The number of nitrogens with one attached hydrogen (secondary N) is 2. The van der Waals surface area contributed by atoms with Crippen LogP contribution in [-0.4, -0.2) is 33.1 Å². The largest absolute Gasteiger partial charge is 0.374 e. The molecule has 0 aliphatic rings. The Kier molecular flexibility index (Phi) is 7.23. The van der Waals surface area contributed by atoms with Gasteiger partial charge in [0.2, 0.25) is 5.91 Å². The monoisotopic (exact) mass is 291 g/mol. The van der Waals surface area contributed by atoms with E-state index in [2.05, 4.69) is 47.6 Å². The lowest BCUT2D eigenvalue weighted by Crippen LogP contribution is -2.35. The van der Waals surface area contributed by atoms with Crippen LogP contribution < -0.4 is 15.5 Å². The van der Waals surface area contributed by atoms with Crippen LogP contribution in [0.5, 0.6) is 0 Å². The smallest absolute Gasteiger partial charge is 0.224 e. The van der Waals surface area contributed by atoms with E-state index in [0.29, 0.717) is 12.5 Å². The topological polar surface area (TPSA) is 44.4 Å². The summed E-state index contributed by atoms with van der Waals surface area (Å²) in [5.41, 5.74) is 2.45. The van der Waals surface area contributed by atoms with Gasteiger partial charge in [-0.25, -0.2) is 0 Å². The summed E-state index contributed by atoms with van der Waals surface area (Å²) in [5, 5.41) is 6.18. The van der Waals surface area contributed by atoms with Crippen LogP contribution in [0.15, 0.2) is 24.3 Å². The van der Waals surface area contributed by atoms with Crippen LogP contribution in [0.25, 0.3) is 0 Å². The van der Waals surface area contributed by atoms with Crippen LogP contribution in [0.1, 0.15) is 26.3 Å². The Labute approximate surface area is 128 Å². The predicted octanol–water partition coefficient (Wildman–Crippen LogP) is 2.25. The van der Waals surface area contributed by atoms with Gasteiger partial charge in [-0.05, 0) is 24.1 Å². The van der Waals surface area contributed by atoms with Crippen molar-refractivity contribution in [2.45, 2.75) is 27.3 Å². The molecule has 0 aromatic heterocycles. The molecule has 4 nitrogen and oxygen atoms in total. The first-order valence-electron chi connectivity index (χ1n) is 7.67. The van der Waals surface area contributed by atoms with Crippen molar-refractivity contribution >= 4 is 11.6 Å². The highest BCUT2D eigenvalue weighted by Crippen LogP contribution is 2.20. The van der Waals surface area contributed by atoms with E-state index in [1.54, 1.807) is 7.05 Å². The summed E-state index contributed by atoms with van der Waals surface area (Å²) >= 11 is 0. The molecular weight excluding hydrogens is 262 g/mol. The van der Waals surface area contributed by atoms with Gasteiger partial charge in [0, 0.05) is 32.9 Å². The fourth-order valence-corrected chi connectivity index (χ4v) is 2.37. The van der Waals surface area contributed by atoms with Gasteiger partial charge in [0.25, 0.3) is 0 Å². The van der Waals surface area contributed by atoms with Crippen LogP contribution in [-0.2, 0) is 11.3 Å². The minimum absolute atomic E-state index is 0.0309. The minimum Gasteiger partial charge on any atom is -0.374 e. The van der Waals surface area contributed by atoms with E-state index >= 15 is 0 Å². The maximum absolute atomic E-state index is 11.7. The molecule has 21 heavy (non-hydrogen) atoms. The molecule has 118 valence electrons. The van der Waals surface area contributed by atoms with Gasteiger partial charge < -0.3 is 15.5 Å². The molecule has 0 aliphatic heterocycles. The number of carbonyl (C=O) groups excluding carboxylic acids is 1. The second kappa shape index (κ2) is 8.67. The van der Waals surface area contributed by atoms with Crippen molar-refractivity contribution in [2.75, 3.05) is 32.1 Å². The van der Waals surface area contributed by atoms with E-state index in [1.165, 1.54) is 11.3 Å². The van der Waals surface area contributed by atoms with Gasteiger partial charge in [0.15, 0.2) is 0 Å². The van der Waals surface area contributed by atoms with Crippen molar-refractivity contribution in [3.8, 4) is 0 Å². The molecule has 4 heteroatoms. The van der Waals surface area contributed by atoms with Gasteiger partial charge in [0.05, 0.1) is 5.92 Å². The summed E-state index contributed by atoms with van der Waals surface area (Å²) in [6.45, 7) is 8.93. The lowest BCUT2D eigenvalue weighted by Gasteiger charge is -2.25. The van der Waals surface area contributed by atoms with E-state index in [-0.39, 0.29) is 11.8 Å². The number of hydrogen-bond acceptors (Lipinski definition) is 3. The lowest BCUT2D eigenvalue weighted by atomic mass is 10.1.